The Balaban J connectivity index is 1.13. The normalized spacial score (nSPS) is 13.2. The lowest BCUT2D eigenvalue weighted by Crippen LogP contribution is -2.26. The maximum atomic E-state index is 2.58. The summed E-state index contributed by atoms with van der Waals surface area (Å²) in [6.07, 6.45) is 0.846. The third-order valence-corrected chi connectivity index (χ3v) is 12.4. The van der Waals surface area contributed by atoms with Crippen LogP contribution >= 0.6 is 0 Å². The summed E-state index contributed by atoms with van der Waals surface area (Å²) < 4.78 is 7.39. The standard InChI is InChI=1S/C53H33N3/c1-3-14-35(15-4-1)54-46-23-10-8-19-38(46)44-30-33(26-28-49(44)54)42-32-43(53-51(42)41-22-13-21-40-37-18-7-12-25-48(37)56(53)52(40)41)34-27-29-50-45(31-34)39-20-9-11-24-47(39)55(50)36-16-5-2-6-17-36/h1-31H,32H2. The molecule has 260 valence electrons. The first-order chi connectivity index (χ1) is 27.8. The number of benzene rings is 8. The molecule has 13 rings (SSSR count). The van der Waals surface area contributed by atoms with E-state index in [0.717, 1.165) is 6.42 Å². The summed E-state index contributed by atoms with van der Waals surface area (Å²) in [4.78, 5) is 0. The highest BCUT2D eigenvalue weighted by Gasteiger charge is 2.26. The summed E-state index contributed by atoms with van der Waals surface area (Å²) in [5.74, 6) is 0. The molecule has 0 bridgehead atoms. The Morgan fingerprint density at radius 1 is 0.321 bits per heavy atom. The molecule has 4 aromatic heterocycles. The summed E-state index contributed by atoms with van der Waals surface area (Å²) in [5.41, 5.74) is 15.2. The molecule has 0 N–H and O–H groups in total. The zero-order valence-electron chi connectivity index (χ0n) is 30.4. The highest BCUT2D eigenvalue weighted by Crippen LogP contribution is 2.40. The van der Waals surface area contributed by atoms with Crippen LogP contribution in [-0.4, -0.2) is 13.5 Å². The first kappa shape index (κ1) is 30.0. The Morgan fingerprint density at radius 3 is 1.36 bits per heavy atom. The van der Waals surface area contributed by atoms with E-state index in [1.54, 1.807) is 0 Å². The molecule has 0 saturated heterocycles. The van der Waals surface area contributed by atoms with Crippen LogP contribution in [0.5, 0.6) is 0 Å². The molecule has 3 nitrogen and oxygen atoms in total. The van der Waals surface area contributed by atoms with E-state index in [0.29, 0.717) is 0 Å². The molecular weight excluding hydrogens is 679 g/mol. The SMILES string of the molecule is c1ccc(-n2c3ccccc3c3cc(C4=c5c(n6c7ccccc7c7cccc5c76)=C(c5ccc6c(c5)c5ccccc5n6-c5ccccc5)C4)ccc32)cc1. The average Bonchev–Trinajstić information content (AvgIpc) is 4.06. The Labute approximate surface area is 321 Å². The van der Waals surface area contributed by atoms with E-state index in [9.17, 15) is 0 Å². The molecule has 0 unspecified atom stereocenters. The fourth-order valence-corrected chi connectivity index (χ4v) is 10.1. The maximum Gasteiger partial charge on any atom is 0.0620 e. The van der Waals surface area contributed by atoms with E-state index >= 15 is 0 Å². The van der Waals surface area contributed by atoms with Crippen molar-refractivity contribution in [2.45, 2.75) is 6.42 Å². The Bertz CT molecular complexity index is 3710. The molecular formula is C53H33N3. The third-order valence-electron chi connectivity index (χ3n) is 12.4. The second kappa shape index (κ2) is 11.1. The number of hydrogen-bond acceptors (Lipinski definition) is 0. The van der Waals surface area contributed by atoms with Crippen molar-refractivity contribution >= 4 is 81.9 Å². The molecule has 0 atom stereocenters. The largest absolute Gasteiger partial charge is 0.309 e. The van der Waals surface area contributed by atoms with Crippen LogP contribution in [0, 0.1) is 0 Å². The summed E-state index contributed by atoms with van der Waals surface area (Å²) in [6.45, 7) is 0. The van der Waals surface area contributed by atoms with Gasteiger partial charge >= 0.3 is 0 Å². The van der Waals surface area contributed by atoms with E-state index in [-0.39, 0.29) is 0 Å². The van der Waals surface area contributed by atoms with Crippen LogP contribution in [0.15, 0.2) is 188 Å². The van der Waals surface area contributed by atoms with Gasteiger partial charge in [0, 0.05) is 60.7 Å². The van der Waals surface area contributed by atoms with Gasteiger partial charge in [-0.05, 0) is 89.0 Å². The van der Waals surface area contributed by atoms with Crippen molar-refractivity contribution in [3.8, 4) is 11.4 Å². The minimum atomic E-state index is 0.846. The van der Waals surface area contributed by atoms with E-state index < -0.39 is 0 Å². The molecule has 0 radical (unpaired) electrons. The molecule has 3 heteroatoms. The predicted octanol–water partition coefficient (Wildman–Crippen LogP) is 11.7. The van der Waals surface area contributed by atoms with E-state index in [1.807, 2.05) is 0 Å². The van der Waals surface area contributed by atoms with E-state index in [4.69, 9.17) is 0 Å². The van der Waals surface area contributed by atoms with E-state index in [1.165, 1.54) is 115 Å². The molecule has 1 aliphatic carbocycles. The molecule has 0 fully saturated rings. The third kappa shape index (κ3) is 3.91. The van der Waals surface area contributed by atoms with Crippen molar-refractivity contribution in [1.29, 1.82) is 0 Å². The van der Waals surface area contributed by atoms with Gasteiger partial charge in [-0.1, -0.05) is 121 Å². The topological polar surface area (TPSA) is 14.3 Å². The van der Waals surface area contributed by atoms with Crippen molar-refractivity contribution in [3.05, 3.63) is 210 Å². The van der Waals surface area contributed by atoms with Gasteiger partial charge in [-0.15, -0.1) is 0 Å². The molecule has 56 heavy (non-hydrogen) atoms. The number of hydrogen-bond donors (Lipinski definition) is 0. The predicted molar refractivity (Wildman–Crippen MR) is 234 cm³/mol. The van der Waals surface area contributed by atoms with Crippen LogP contribution in [0.3, 0.4) is 0 Å². The lowest BCUT2D eigenvalue weighted by atomic mass is 9.95. The van der Waals surface area contributed by atoms with Crippen molar-refractivity contribution in [1.82, 2.24) is 13.5 Å². The van der Waals surface area contributed by atoms with Crippen molar-refractivity contribution in [2.24, 2.45) is 0 Å². The highest BCUT2D eigenvalue weighted by molar-refractivity contribution is 6.17. The fraction of sp³-hybridized carbons (Fsp3) is 0.0189. The molecule has 8 aromatic carbocycles. The zero-order valence-corrected chi connectivity index (χ0v) is 30.4. The van der Waals surface area contributed by atoms with Crippen LogP contribution in [0.2, 0.25) is 0 Å². The number of aromatic nitrogens is 3. The van der Waals surface area contributed by atoms with Crippen molar-refractivity contribution in [3.63, 3.8) is 0 Å². The molecule has 12 aromatic rings. The smallest absolute Gasteiger partial charge is 0.0620 e. The lowest BCUT2D eigenvalue weighted by molar-refractivity contribution is 1.18. The number of rotatable bonds is 4. The van der Waals surface area contributed by atoms with E-state index in [2.05, 4.69) is 202 Å². The number of fused-ring (bicyclic) bond motifs is 12. The quantitative estimate of drug-likeness (QED) is 0.173. The summed E-state index contributed by atoms with van der Waals surface area (Å²) >= 11 is 0. The van der Waals surface area contributed by atoms with Gasteiger partial charge in [-0.25, -0.2) is 0 Å². The zero-order chi connectivity index (χ0) is 36.5. The van der Waals surface area contributed by atoms with Crippen LogP contribution in [0.25, 0.3) is 93.3 Å². The second-order valence-corrected chi connectivity index (χ2v) is 15.3. The molecule has 0 aliphatic heterocycles. The van der Waals surface area contributed by atoms with Gasteiger partial charge in [-0.2, -0.15) is 0 Å². The monoisotopic (exact) mass is 711 g/mol. The van der Waals surface area contributed by atoms with Crippen LogP contribution in [0.4, 0.5) is 0 Å². The van der Waals surface area contributed by atoms with Crippen LogP contribution in [0.1, 0.15) is 17.5 Å². The molecule has 0 amide bonds. The lowest BCUT2D eigenvalue weighted by Gasteiger charge is -2.11. The van der Waals surface area contributed by atoms with Crippen LogP contribution < -0.4 is 10.6 Å². The van der Waals surface area contributed by atoms with Gasteiger partial charge in [0.05, 0.1) is 38.4 Å². The average molecular weight is 712 g/mol. The highest BCUT2D eigenvalue weighted by atomic mass is 15.0. The number of nitrogens with zero attached hydrogens (tertiary/aromatic N) is 3. The minimum absolute atomic E-state index is 0.846. The van der Waals surface area contributed by atoms with Gasteiger partial charge in [0.1, 0.15) is 0 Å². The van der Waals surface area contributed by atoms with Gasteiger partial charge < -0.3 is 13.5 Å². The van der Waals surface area contributed by atoms with Gasteiger partial charge in [0.2, 0.25) is 0 Å². The van der Waals surface area contributed by atoms with Gasteiger partial charge in [0.15, 0.2) is 0 Å². The first-order valence-corrected chi connectivity index (χ1v) is 19.5. The Kier molecular flexibility index (Phi) is 5.95. The van der Waals surface area contributed by atoms with Gasteiger partial charge in [0.25, 0.3) is 0 Å². The summed E-state index contributed by atoms with van der Waals surface area (Å²) in [6, 6.07) is 69.4. The summed E-state index contributed by atoms with van der Waals surface area (Å²) in [7, 11) is 0. The molecule has 0 saturated carbocycles. The second-order valence-electron chi connectivity index (χ2n) is 15.3. The maximum absolute atomic E-state index is 2.58. The molecule has 4 heterocycles. The van der Waals surface area contributed by atoms with Crippen molar-refractivity contribution < 1.29 is 0 Å². The summed E-state index contributed by atoms with van der Waals surface area (Å²) in [5, 5.41) is 11.7. The van der Waals surface area contributed by atoms with Gasteiger partial charge in [-0.3, -0.25) is 0 Å². The molecule has 0 spiro atoms. The Hall–Kier alpha value is -7.36. The Morgan fingerprint density at radius 2 is 0.768 bits per heavy atom. The first-order valence-electron chi connectivity index (χ1n) is 19.5. The number of para-hydroxylation sites is 6. The minimum Gasteiger partial charge on any atom is -0.309 e. The molecule has 1 aliphatic rings. The van der Waals surface area contributed by atoms with Crippen molar-refractivity contribution in [2.75, 3.05) is 0 Å². The fourth-order valence-electron chi connectivity index (χ4n) is 10.1. The van der Waals surface area contributed by atoms with Crippen LogP contribution in [-0.2, 0) is 0 Å².